The summed E-state index contributed by atoms with van der Waals surface area (Å²) in [4.78, 5) is 12.5. The van der Waals surface area contributed by atoms with Crippen LogP contribution in [-0.2, 0) is 18.3 Å². The van der Waals surface area contributed by atoms with Gasteiger partial charge in [-0.3, -0.25) is 9.48 Å². The van der Waals surface area contributed by atoms with Crippen molar-refractivity contribution in [1.82, 2.24) is 9.78 Å². The highest BCUT2D eigenvalue weighted by Gasteiger charge is 2.44. The maximum Gasteiger partial charge on any atom is 0.250 e. The van der Waals surface area contributed by atoms with E-state index in [1.165, 1.54) is 6.42 Å². The van der Waals surface area contributed by atoms with Crippen molar-refractivity contribution in [2.45, 2.75) is 57.4 Å². The van der Waals surface area contributed by atoms with Gasteiger partial charge in [-0.1, -0.05) is 32.6 Å². The first-order valence-electron chi connectivity index (χ1n) is 7.32. The molecule has 1 amide bonds. The smallest absolute Gasteiger partial charge is 0.250 e. The van der Waals surface area contributed by atoms with E-state index in [4.69, 9.17) is 0 Å². The number of nitrogens with one attached hydrogen (secondary N) is 2. The third kappa shape index (κ3) is 1.91. The van der Waals surface area contributed by atoms with Gasteiger partial charge in [0.1, 0.15) is 17.0 Å². The molecule has 0 aromatic carbocycles. The van der Waals surface area contributed by atoms with Crippen LogP contribution in [0.5, 0.6) is 0 Å². The van der Waals surface area contributed by atoms with Crippen LogP contribution < -0.4 is 10.6 Å². The molecule has 0 radical (unpaired) electrons. The summed E-state index contributed by atoms with van der Waals surface area (Å²) in [6.45, 7) is 2.13. The highest BCUT2D eigenvalue weighted by Crippen LogP contribution is 2.40. The highest BCUT2D eigenvalue weighted by molar-refractivity contribution is 6.06. The first-order valence-corrected chi connectivity index (χ1v) is 7.32. The van der Waals surface area contributed by atoms with Crippen molar-refractivity contribution in [3.8, 4) is 0 Å². The van der Waals surface area contributed by atoms with Gasteiger partial charge >= 0.3 is 0 Å². The second kappa shape index (κ2) is 4.54. The summed E-state index contributed by atoms with van der Waals surface area (Å²) in [5, 5.41) is 11.1. The SMILES string of the molecule is CCCc1nn(C)c2c1NC(=O)C1(CCCCC1)N2. The van der Waals surface area contributed by atoms with Crippen LogP contribution in [0.4, 0.5) is 11.5 Å². The number of nitrogens with zero attached hydrogens (tertiary/aromatic N) is 2. The van der Waals surface area contributed by atoms with Crippen LogP contribution in [0.3, 0.4) is 0 Å². The van der Waals surface area contributed by atoms with Crippen LogP contribution in [0.1, 0.15) is 51.1 Å². The molecule has 0 bridgehead atoms. The fourth-order valence-corrected chi connectivity index (χ4v) is 3.29. The number of aromatic nitrogens is 2. The molecule has 1 aliphatic heterocycles. The zero-order chi connectivity index (χ0) is 13.5. The van der Waals surface area contributed by atoms with Crippen LogP contribution in [0.2, 0.25) is 0 Å². The minimum atomic E-state index is -0.400. The fraction of sp³-hybridized carbons (Fsp3) is 0.714. The number of anilines is 2. The molecule has 1 fully saturated rings. The van der Waals surface area contributed by atoms with Crippen molar-refractivity contribution < 1.29 is 4.79 Å². The summed E-state index contributed by atoms with van der Waals surface area (Å²) >= 11 is 0. The molecule has 1 spiro atoms. The van der Waals surface area contributed by atoms with Crippen molar-refractivity contribution in [3.05, 3.63) is 5.69 Å². The number of fused-ring (bicyclic) bond motifs is 1. The molecule has 0 atom stereocenters. The Morgan fingerprint density at radius 2 is 2.05 bits per heavy atom. The number of hydrogen-bond donors (Lipinski definition) is 2. The van der Waals surface area contributed by atoms with Crippen molar-refractivity contribution in [1.29, 1.82) is 0 Å². The van der Waals surface area contributed by atoms with Gasteiger partial charge in [0.05, 0.1) is 5.69 Å². The van der Waals surface area contributed by atoms with Gasteiger partial charge in [-0.2, -0.15) is 5.10 Å². The molecule has 1 aromatic rings. The van der Waals surface area contributed by atoms with Crippen molar-refractivity contribution >= 4 is 17.4 Å². The number of rotatable bonds is 2. The van der Waals surface area contributed by atoms with Gasteiger partial charge in [0.15, 0.2) is 0 Å². The molecule has 2 heterocycles. The third-order valence-electron chi connectivity index (χ3n) is 4.34. The molecule has 1 aromatic heterocycles. The zero-order valence-corrected chi connectivity index (χ0v) is 11.8. The number of carbonyl (C=O) groups excluding carboxylic acids is 1. The quantitative estimate of drug-likeness (QED) is 0.860. The molecular formula is C14H22N4O. The molecule has 0 saturated heterocycles. The van der Waals surface area contributed by atoms with Crippen LogP contribution in [0.25, 0.3) is 0 Å². The van der Waals surface area contributed by atoms with E-state index < -0.39 is 5.54 Å². The molecule has 2 aliphatic rings. The Morgan fingerprint density at radius 3 is 2.74 bits per heavy atom. The Hall–Kier alpha value is -1.52. The van der Waals surface area contributed by atoms with Crippen LogP contribution in [-0.4, -0.2) is 21.2 Å². The van der Waals surface area contributed by atoms with Gasteiger partial charge in [-0.05, 0) is 19.3 Å². The molecule has 5 nitrogen and oxygen atoms in total. The van der Waals surface area contributed by atoms with Gasteiger partial charge in [0.25, 0.3) is 0 Å². The topological polar surface area (TPSA) is 59.0 Å². The summed E-state index contributed by atoms with van der Waals surface area (Å²) in [6.07, 6.45) is 7.25. The lowest BCUT2D eigenvalue weighted by molar-refractivity contribution is -0.121. The van der Waals surface area contributed by atoms with E-state index >= 15 is 0 Å². The molecule has 1 aliphatic carbocycles. The predicted octanol–water partition coefficient (Wildman–Crippen LogP) is 2.44. The molecule has 0 unspecified atom stereocenters. The lowest BCUT2D eigenvalue weighted by atomic mass is 9.80. The first kappa shape index (κ1) is 12.5. The number of amides is 1. The summed E-state index contributed by atoms with van der Waals surface area (Å²) < 4.78 is 1.87. The average Bonchev–Trinajstić information content (AvgIpc) is 2.69. The molecular weight excluding hydrogens is 240 g/mol. The van der Waals surface area contributed by atoms with Gasteiger partial charge in [0, 0.05) is 7.05 Å². The monoisotopic (exact) mass is 262 g/mol. The molecule has 19 heavy (non-hydrogen) atoms. The zero-order valence-electron chi connectivity index (χ0n) is 11.8. The predicted molar refractivity (Wildman–Crippen MR) is 75.3 cm³/mol. The maximum absolute atomic E-state index is 12.5. The van der Waals surface area contributed by atoms with Gasteiger partial charge < -0.3 is 10.6 Å². The fourth-order valence-electron chi connectivity index (χ4n) is 3.29. The van der Waals surface area contributed by atoms with Crippen LogP contribution >= 0.6 is 0 Å². The molecule has 1 saturated carbocycles. The van der Waals surface area contributed by atoms with E-state index in [0.29, 0.717) is 0 Å². The van der Waals surface area contributed by atoms with E-state index in [1.807, 2.05) is 11.7 Å². The van der Waals surface area contributed by atoms with E-state index in [-0.39, 0.29) is 5.91 Å². The second-order valence-corrected chi connectivity index (χ2v) is 5.77. The van der Waals surface area contributed by atoms with Crippen molar-refractivity contribution in [2.75, 3.05) is 10.6 Å². The van der Waals surface area contributed by atoms with E-state index in [1.54, 1.807) is 0 Å². The summed E-state index contributed by atoms with van der Waals surface area (Å²) in [5.41, 5.74) is 1.49. The number of hydrogen-bond acceptors (Lipinski definition) is 3. The standard InChI is InChI=1S/C14H22N4O/c1-3-7-10-11-12(18(2)17-10)16-14(13(19)15-11)8-5-4-6-9-14/h16H,3-9H2,1-2H3,(H,15,19). The Kier molecular flexibility index (Phi) is 2.99. The second-order valence-electron chi connectivity index (χ2n) is 5.77. The third-order valence-corrected chi connectivity index (χ3v) is 4.34. The first-order chi connectivity index (χ1) is 9.16. The summed E-state index contributed by atoms with van der Waals surface area (Å²) in [6, 6.07) is 0. The summed E-state index contributed by atoms with van der Waals surface area (Å²) in [7, 11) is 1.94. The van der Waals surface area contributed by atoms with E-state index in [9.17, 15) is 4.79 Å². The number of carbonyl (C=O) groups is 1. The van der Waals surface area contributed by atoms with E-state index in [0.717, 1.165) is 55.7 Å². The molecule has 5 heteroatoms. The lowest BCUT2D eigenvalue weighted by Crippen LogP contribution is -2.53. The van der Waals surface area contributed by atoms with Gasteiger partial charge in [-0.25, -0.2) is 0 Å². The van der Waals surface area contributed by atoms with Crippen molar-refractivity contribution in [2.24, 2.45) is 7.05 Å². The molecule has 3 rings (SSSR count). The highest BCUT2D eigenvalue weighted by atomic mass is 16.2. The Balaban J connectivity index is 1.96. The normalized spacial score (nSPS) is 20.8. The van der Waals surface area contributed by atoms with Crippen LogP contribution in [0.15, 0.2) is 0 Å². The van der Waals surface area contributed by atoms with E-state index in [2.05, 4.69) is 22.7 Å². The van der Waals surface area contributed by atoms with Crippen molar-refractivity contribution in [3.63, 3.8) is 0 Å². The molecule has 2 N–H and O–H groups in total. The Bertz CT molecular complexity index is 500. The Morgan fingerprint density at radius 1 is 1.32 bits per heavy atom. The Labute approximate surface area is 113 Å². The maximum atomic E-state index is 12.5. The largest absolute Gasteiger partial charge is 0.354 e. The number of aryl methyl sites for hydroxylation is 2. The molecule has 104 valence electrons. The minimum absolute atomic E-state index is 0.130. The lowest BCUT2D eigenvalue weighted by Gasteiger charge is -2.40. The average molecular weight is 262 g/mol. The minimum Gasteiger partial charge on any atom is -0.354 e. The van der Waals surface area contributed by atoms with Crippen LogP contribution in [0, 0.1) is 0 Å². The van der Waals surface area contributed by atoms with Gasteiger partial charge in [0.2, 0.25) is 5.91 Å². The summed E-state index contributed by atoms with van der Waals surface area (Å²) in [5.74, 6) is 1.11. The van der Waals surface area contributed by atoms with Gasteiger partial charge in [-0.15, -0.1) is 0 Å².